The Balaban J connectivity index is 1.40. The van der Waals surface area contributed by atoms with Crippen molar-refractivity contribution in [3.05, 3.63) is 89.2 Å². The minimum atomic E-state index is -0.151. The molecule has 0 bridgehead atoms. The number of aromatic amines is 1. The van der Waals surface area contributed by atoms with Crippen molar-refractivity contribution in [2.75, 3.05) is 10.6 Å². The first-order chi connectivity index (χ1) is 15.5. The molecule has 1 heterocycles. The van der Waals surface area contributed by atoms with E-state index in [0.717, 1.165) is 52.2 Å². The van der Waals surface area contributed by atoms with Crippen LogP contribution in [0.1, 0.15) is 40.7 Å². The van der Waals surface area contributed by atoms with Crippen molar-refractivity contribution in [3.8, 4) is 0 Å². The molecule has 0 radical (unpaired) electrons. The smallest absolute Gasteiger partial charge is 0.255 e. The van der Waals surface area contributed by atoms with Gasteiger partial charge in [-0.15, -0.1) is 0 Å². The van der Waals surface area contributed by atoms with Gasteiger partial charge in [-0.25, -0.2) is 4.98 Å². The second kappa shape index (κ2) is 9.47. The fourth-order valence-electron chi connectivity index (χ4n) is 3.43. The number of nitrogens with zero attached hydrogens (tertiary/aromatic N) is 1. The van der Waals surface area contributed by atoms with E-state index in [9.17, 15) is 9.59 Å². The number of aromatic nitrogens is 2. The van der Waals surface area contributed by atoms with Gasteiger partial charge in [0.15, 0.2) is 0 Å². The molecule has 0 saturated carbocycles. The number of fused-ring (bicyclic) bond motifs is 1. The molecule has 0 spiro atoms. The van der Waals surface area contributed by atoms with Crippen LogP contribution in [0, 0.1) is 6.92 Å². The maximum Gasteiger partial charge on any atom is 0.255 e. The van der Waals surface area contributed by atoms with Gasteiger partial charge in [0.05, 0.1) is 11.0 Å². The highest BCUT2D eigenvalue weighted by molar-refractivity contribution is 6.05. The van der Waals surface area contributed by atoms with Crippen LogP contribution in [0.4, 0.5) is 11.4 Å². The van der Waals surface area contributed by atoms with Gasteiger partial charge in [0.25, 0.3) is 5.91 Å². The number of carbonyl (C=O) groups excluding carboxylic acids is 2. The third-order valence-corrected chi connectivity index (χ3v) is 5.31. The number of hydrogen-bond donors (Lipinski definition) is 3. The molecule has 0 atom stereocenters. The molecule has 0 fully saturated rings. The van der Waals surface area contributed by atoms with E-state index in [4.69, 9.17) is 0 Å². The van der Waals surface area contributed by atoms with E-state index >= 15 is 0 Å². The van der Waals surface area contributed by atoms with Gasteiger partial charge in [0, 0.05) is 29.8 Å². The number of nitrogens with one attached hydrogen (secondary N) is 3. The number of benzene rings is 3. The summed E-state index contributed by atoms with van der Waals surface area (Å²) in [4.78, 5) is 32.1. The van der Waals surface area contributed by atoms with Crippen LogP contribution in [0.2, 0.25) is 0 Å². The van der Waals surface area contributed by atoms with Gasteiger partial charge in [0.1, 0.15) is 5.82 Å². The predicted molar refractivity (Wildman–Crippen MR) is 128 cm³/mol. The molecule has 0 aliphatic rings. The zero-order chi connectivity index (χ0) is 22.5. The van der Waals surface area contributed by atoms with E-state index in [1.165, 1.54) is 0 Å². The van der Waals surface area contributed by atoms with Crippen LogP contribution in [0.5, 0.6) is 0 Å². The molecule has 4 aromatic rings. The molecular formula is C26H26N4O2. The number of aryl methyl sites for hydroxylation is 3. The molecule has 0 aliphatic heterocycles. The van der Waals surface area contributed by atoms with E-state index in [1.807, 2.05) is 74.5 Å². The molecule has 1 aromatic heterocycles. The standard InChI is InChI=1S/C26H26N4O2/c1-3-25(31)27-20-12-6-18(7-13-20)8-15-24-29-22-14-9-19(16-23(22)30-24)26(32)28-21-10-4-17(2)5-11-21/h4-7,9-14,16H,3,8,15H2,1-2H3,(H,27,31)(H,28,32)(H,29,30). The summed E-state index contributed by atoms with van der Waals surface area (Å²) in [7, 11) is 0. The highest BCUT2D eigenvalue weighted by Crippen LogP contribution is 2.18. The summed E-state index contributed by atoms with van der Waals surface area (Å²) in [5.41, 5.74) is 6.15. The fourth-order valence-corrected chi connectivity index (χ4v) is 3.43. The molecule has 0 unspecified atom stereocenters. The van der Waals surface area contributed by atoms with Gasteiger partial charge >= 0.3 is 0 Å². The average Bonchev–Trinajstić information content (AvgIpc) is 3.22. The Morgan fingerprint density at radius 2 is 1.56 bits per heavy atom. The normalized spacial score (nSPS) is 10.8. The van der Waals surface area contributed by atoms with Crippen molar-refractivity contribution < 1.29 is 9.59 Å². The molecule has 6 heteroatoms. The Bertz CT molecular complexity index is 1240. The first-order valence-corrected chi connectivity index (χ1v) is 10.8. The summed E-state index contributed by atoms with van der Waals surface area (Å²) in [5, 5.41) is 5.78. The first kappa shape index (κ1) is 21.3. The number of amides is 2. The maximum absolute atomic E-state index is 12.6. The number of imidazole rings is 1. The maximum atomic E-state index is 12.6. The molecule has 0 saturated heterocycles. The van der Waals surface area contributed by atoms with Crippen LogP contribution in [0.25, 0.3) is 11.0 Å². The number of H-pyrrole nitrogens is 1. The predicted octanol–water partition coefficient (Wildman–Crippen LogP) is 5.26. The van der Waals surface area contributed by atoms with Crippen molar-refractivity contribution in [1.82, 2.24) is 9.97 Å². The van der Waals surface area contributed by atoms with Crippen LogP contribution in [0.15, 0.2) is 66.7 Å². The van der Waals surface area contributed by atoms with Crippen LogP contribution in [-0.2, 0) is 17.6 Å². The van der Waals surface area contributed by atoms with Crippen LogP contribution in [0.3, 0.4) is 0 Å². The molecular weight excluding hydrogens is 400 g/mol. The van der Waals surface area contributed by atoms with Crippen LogP contribution >= 0.6 is 0 Å². The number of hydrogen-bond acceptors (Lipinski definition) is 3. The van der Waals surface area contributed by atoms with Gasteiger partial charge in [-0.3, -0.25) is 9.59 Å². The lowest BCUT2D eigenvalue weighted by atomic mass is 10.1. The van der Waals surface area contributed by atoms with Crippen LogP contribution < -0.4 is 10.6 Å². The lowest BCUT2D eigenvalue weighted by Crippen LogP contribution is -2.11. The summed E-state index contributed by atoms with van der Waals surface area (Å²) >= 11 is 0. The van der Waals surface area contributed by atoms with Gasteiger partial charge in [-0.1, -0.05) is 36.8 Å². The molecule has 162 valence electrons. The van der Waals surface area contributed by atoms with Gasteiger partial charge < -0.3 is 15.6 Å². The van der Waals surface area contributed by atoms with Crippen molar-refractivity contribution in [1.29, 1.82) is 0 Å². The molecule has 0 aliphatic carbocycles. The Hall–Kier alpha value is -3.93. The minimum absolute atomic E-state index is 0.00643. The van der Waals surface area contributed by atoms with Crippen molar-refractivity contribution in [2.24, 2.45) is 0 Å². The zero-order valence-corrected chi connectivity index (χ0v) is 18.2. The average molecular weight is 427 g/mol. The SMILES string of the molecule is CCC(=O)Nc1ccc(CCc2nc3ccc(C(=O)Nc4ccc(C)cc4)cc3[nH]2)cc1. The lowest BCUT2D eigenvalue weighted by Gasteiger charge is -2.05. The summed E-state index contributed by atoms with van der Waals surface area (Å²) in [6, 6.07) is 21.1. The van der Waals surface area contributed by atoms with E-state index in [2.05, 4.69) is 20.6 Å². The quantitative estimate of drug-likeness (QED) is 0.377. The third kappa shape index (κ3) is 5.21. The second-order valence-corrected chi connectivity index (χ2v) is 7.83. The number of rotatable bonds is 7. The van der Waals surface area contributed by atoms with Gasteiger partial charge in [-0.05, 0) is 61.4 Å². The monoisotopic (exact) mass is 426 g/mol. The van der Waals surface area contributed by atoms with Crippen LogP contribution in [-0.4, -0.2) is 21.8 Å². The van der Waals surface area contributed by atoms with Gasteiger partial charge in [-0.2, -0.15) is 0 Å². The number of carbonyl (C=O) groups is 2. The first-order valence-electron chi connectivity index (χ1n) is 10.8. The van der Waals surface area contributed by atoms with Crippen molar-refractivity contribution in [3.63, 3.8) is 0 Å². The van der Waals surface area contributed by atoms with E-state index in [-0.39, 0.29) is 11.8 Å². The highest BCUT2D eigenvalue weighted by atomic mass is 16.2. The minimum Gasteiger partial charge on any atom is -0.342 e. The molecule has 6 nitrogen and oxygen atoms in total. The molecule has 2 amide bonds. The van der Waals surface area contributed by atoms with Crippen molar-refractivity contribution >= 4 is 34.2 Å². The molecule has 4 rings (SSSR count). The summed E-state index contributed by atoms with van der Waals surface area (Å²) in [6.07, 6.45) is 2.03. The Kier molecular flexibility index (Phi) is 6.31. The van der Waals surface area contributed by atoms with E-state index in [1.54, 1.807) is 6.07 Å². The summed E-state index contributed by atoms with van der Waals surface area (Å²) in [6.45, 7) is 3.84. The zero-order valence-electron chi connectivity index (χ0n) is 18.2. The Labute approximate surface area is 187 Å². The van der Waals surface area contributed by atoms with Crippen molar-refractivity contribution in [2.45, 2.75) is 33.1 Å². The Morgan fingerprint density at radius 1 is 0.875 bits per heavy atom. The highest BCUT2D eigenvalue weighted by Gasteiger charge is 2.10. The Morgan fingerprint density at radius 3 is 2.28 bits per heavy atom. The second-order valence-electron chi connectivity index (χ2n) is 7.83. The summed E-state index contributed by atoms with van der Waals surface area (Å²) < 4.78 is 0. The van der Waals surface area contributed by atoms with E-state index in [0.29, 0.717) is 12.0 Å². The molecule has 3 aromatic carbocycles. The topological polar surface area (TPSA) is 86.9 Å². The number of anilines is 2. The lowest BCUT2D eigenvalue weighted by molar-refractivity contribution is -0.115. The third-order valence-electron chi connectivity index (χ3n) is 5.31. The van der Waals surface area contributed by atoms with E-state index < -0.39 is 0 Å². The van der Waals surface area contributed by atoms with Gasteiger partial charge in [0.2, 0.25) is 5.91 Å². The fraction of sp³-hybridized carbons (Fsp3) is 0.192. The molecule has 3 N–H and O–H groups in total. The summed E-state index contributed by atoms with van der Waals surface area (Å²) in [5.74, 6) is 0.730. The largest absolute Gasteiger partial charge is 0.342 e. The molecule has 32 heavy (non-hydrogen) atoms.